The number of rotatable bonds is 6. The van der Waals surface area contributed by atoms with Gasteiger partial charge in [-0.05, 0) is 54.8 Å². The number of para-hydroxylation sites is 1. The average Bonchev–Trinajstić information content (AvgIpc) is 3.17. The Morgan fingerprint density at radius 1 is 1.13 bits per heavy atom. The third-order valence-electron chi connectivity index (χ3n) is 5.37. The average molecular weight is 425 g/mol. The van der Waals surface area contributed by atoms with Crippen LogP contribution in [0.5, 0.6) is 0 Å². The lowest BCUT2D eigenvalue weighted by Crippen LogP contribution is -2.42. The lowest BCUT2D eigenvalue weighted by Gasteiger charge is -2.31. The molecule has 2 amide bonds. The van der Waals surface area contributed by atoms with Crippen LogP contribution in [0, 0.1) is 11.6 Å². The molecule has 31 heavy (non-hydrogen) atoms. The van der Waals surface area contributed by atoms with Gasteiger partial charge in [0.15, 0.2) is 0 Å². The van der Waals surface area contributed by atoms with E-state index in [1.807, 2.05) is 54.1 Å². The molecule has 1 aliphatic rings. The Labute approximate surface area is 180 Å². The highest BCUT2D eigenvalue weighted by Crippen LogP contribution is 2.37. The Balaban J connectivity index is 1.74. The normalized spacial score (nSPS) is 15.2. The molecule has 1 aromatic heterocycles. The minimum absolute atomic E-state index is 0.296. The topological polar surface area (TPSA) is 46.5 Å². The first kappa shape index (κ1) is 21.1. The summed E-state index contributed by atoms with van der Waals surface area (Å²) in [6.45, 7) is 3.85. The highest BCUT2D eigenvalue weighted by atomic mass is 19.1. The number of hydrogen-bond acceptors (Lipinski definition) is 2. The second kappa shape index (κ2) is 9.31. The van der Waals surface area contributed by atoms with Gasteiger partial charge in [-0.2, -0.15) is 0 Å². The maximum absolute atomic E-state index is 14.1. The molecule has 0 saturated carbocycles. The number of carbonyl (C=O) groups excluding carboxylic acids is 1. The molecule has 1 N–H and O–H groups in total. The van der Waals surface area contributed by atoms with Gasteiger partial charge in [0.25, 0.3) is 0 Å². The molecule has 7 heteroatoms. The van der Waals surface area contributed by atoms with E-state index in [4.69, 9.17) is 4.74 Å². The number of ether oxygens (including phenoxy) is 1. The Bertz CT molecular complexity index is 1050. The quantitative estimate of drug-likeness (QED) is 0.577. The molecule has 1 atom stereocenters. The van der Waals surface area contributed by atoms with Crippen molar-refractivity contribution in [1.29, 1.82) is 0 Å². The van der Waals surface area contributed by atoms with Gasteiger partial charge >= 0.3 is 6.03 Å². The molecule has 0 spiro atoms. The molecule has 2 aromatic carbocycles. The predicted octanol–water partition coefficient (Wildman–Crippen LogP) is 4.80. The third-order valence-corrected chi connectivity index (χ3v) is 5.37. The maximum atomic E-state index is 14.1. The Kier molecular flexibility index (Phi) is 6.32. The second-order valence-corrected chi connectivity index (χ2v) is 7.45. The molecule has 2 heterocycles. The molecule has 0 fully saturated rings. The fourth-order valence-corrected chi connectivity index (χ4v) is 4.04. The number of nitrogens with one attached hydrogen (secondary N) is 1. The second-order valence-electron chi connectivity index (χ2n) is 7.45. The highest BCUT2D eigenvalue weighted by molar-refractivity contribution is 5.76. The summed E-state index contributed by atoms with van der Waals surface area (Å²) in [4.78, 5) is 14.9. The number of hydrogen-bond donors (Lipinski definition) is 1. The zero-order valence-electron chi connectivity index (χ0n) is 17.4. The monoisotopic (exact) mass is 425 g/mol. The summed E-state index contributed by atoms with van der Waals surface area (Å²) >= 11 is 0. The summed E-state index contributed by atoms with van der Waals surface area (Å²) in [7, 11) is 0. The summed E-state index contributed by atoms with van der Waals surface area (Å²) in [5.74, 6) is -1.35. The summed E-state index contributed by atoms with van der Waals surface area (Å²) < 4.78 is 35.5. The van der Waals surface area contributed by atoms with Crippen molar-refractivity contribution in [3.63, 3.8) is 0 Å². The van der Waals surface area contributed by atoms with E-state index < -0.39 is 17.7 Å². The first-order chi connectivity index (χ1) is 15.1. The number of nitrogens with zero attached hydrogens (tertiary/aromatic N) is 2. The zero-order chi connectivity index (χ0) is 21.8. The molecule has 0 radical (unpaired) electrons. The van der Waals surface area contributed by atoms with E-state index in [2.05, 4.69) is 5.32 Å². The van der Waals surface area contributed by atoms with Crippen LogP contribution in [0.4, 0.5) is 13.6 Å². The van der Waals surface area contributed by atoms with Gasteiger partial charge in [-0.3, -0.25) is 0 Å². The number of urea groups is 1. The van der Waals surface area contributed by atoms with Gasteiger partial charge < -0.3 is 19.5 Å². The molecule has 0 saturated heterocycles. The number of amides is 2. The molecular weight excluding hydrogens is 400 g/mol. The number of halogens is 2. The first-order valence-electron chi connectivity index (χ1n) is 10.4. The molecule has 162 valence electrons. The Hall–Kier alpha value is -3.19. The van der Waals surface area contributed by atoms with E-state index in [9.17, 15) is 13.6 Å². The standard InChI is InChI=1S/C24H25F2N3O2/c1-2-31-12-6-10-27-24(30)29-16-17-7-3-4-8-21(17)28-11-5-9-22(28)23(29)18-13-19(25)15-20(26)14-18/h3-5,7-9,11,13-15,23H,2,6,10,12,16H2,1H3,(H,27,30)/t23-/m0/s1. The lowest BCUT2D eigenvalue weighted by atomic mass is 10.0. The Morgan fingerprint density at radius 2 is 1.90 bits per heavy atom. The van der Waals surface area contributed by atoms with Crippen LogP contribution in [0.25, 0.3) is 5.69 Å². The van der Waals surface area contributed by atoms with Crippen LogP contribution >= 0.6 is 0 Å². The van der Waals surface area contributed by atoms with Crippen molar-refractivity contribution >= 4 is 6.03 Å². The van der Waals surface area contributed by atoms with Crippen LogP contribution in [0.1, 0.15) is 36.2 Å². The van der Waals surface area contributed by atoms with Gasteiger partial charge in [0.2, 0.25) is 0 Å². The van der Waals surface area contributed by atoms with Crippen LogP contribution < -0.4 is 5.32 Å². The van der Waals surface area contributed by atoms with Crippen molar-refractivity contribution in [3.05, 3.63) is 89.2 Å². The van der Waals surface area contributed by atoms with E-state index in [-0.39, 0.29) is 6.03 Å². The van der Waals surface area contributed by atoms with Crippen LogP contribution in [-0.4, -0.2) is 35.3 Å². The van der Waals surface area contributed by atoms with Gasteiger partial charge in [-0.15, -0.1) is 0 Å². The van der Waals surface area contributed by atoms with Crippen LogP contribution in [0.15, 0.2) is 60.8 Å². The van der Waals surface area contributed by atoms with Crippen molar-refractivity contribution in [2.45, 2.75) is 25.9 Å². The number of aromatic nitrogens is 1. The van der Waals surface area contributed by atoms with Crippen molar-refractivity contribution in [1.82, 2.24) is 14.8 Å². The third kappa shape index (κ3) is 4.46. The van der Waals surface area contributed by atoms with Crippen LogP contribution in [0.2, 0.25) is 0 Å². The SMILES string of the molecule is CCOCCCNC(=O)N1Cc2ccccc2-n2cccc2[C@@H]1c1cc(F)cc(F)c1. The highest BCUT2D eigenvalue weighted by Gasteiger charge is 2.33. The summed E-state index contributed by atoms with van der Waals surface area (Å²) in [6, 6.07) is 14.0. The van der Waals surface area contributed by atoms with Gasteiger partial charge in [0, 0.05) is 37.7 Å². The molecular formula is C24H25F2N3O2. The van der Waals surface area contributed by atoms with E-state index >= 15 is 0 Å². The van der Waals surface area contributed by atoms with Crippen LogP contribution in [0.3, 0.4) is 0 Å². The van der Waals surface area contributed by atoms with E-state index in [0.717, 1.165) is 23.0 Å². The number of benzene rings is 2. The van der Waals surface area contributed by atoms with E-state index in [1.54, 1.807) is 4.90 Å². The van der Waals surface area contributed by atoms with Gasteiger partial charge in [0.1, 0.15) is 11.6 Å². The van der Waals surface area contributed by atoms with Crippen molar-refractivity contribution in [3.8, 4) is 5.69 Å². The minimum Gasteiger partial charge on any atom is -0.382 e. The summed E-state index contributed by atoms with van der Waals surface area (Å²) in [5.41, 5.74) is 3.04. The zero-order valence-corrected chi connectivity index (χ0v) is 17.4. The fraction of sp³-hybridized carbons (Fsp3) is 0.292. The molecule has 3 aromatic rings. The molecule has 0 aliphatic carbocycles. The van der Waals surface area contributed by atoms with E-state index in [0.29, 0.717) is 38.3 Å². The number of carbonyl (C=O) groups is 1. The smallest absolute Gasteiger partial charge is 0.318 e. The molecule has 1 aliphatic heterocycles. The molecule has 0 bridgehead atoms. The number of fused-ring (bicyclic) bond motifs is 3. The minimum atomic E-state index is -0.674. The first-order valence-corrected chi connectivity index (χ1v) is 10.4. The van der Waals surface area contributed by atoms with Gasteiger partial charge in [-0.1, -0.05) is 18.2 Å². The van der Waals surface area contributed by atoms with Crippen molar-refractivity contribution in [2.24, 2.45) is 0 Å². The maximum Gasteiger partial charge on any atom is 0.318 e. The molecule has 4 rings (SSSR count). The Morgan fingerprint density at radius 3 is 2.68 bits per heavy atom. The van der Waals surface area contributed by atoms with Crippen molar-refractivity contribution in [2.75, 3.05) is 19.8 Å². The molecule has 5 nitrogen and oxygen atoms in total. The largest absolute Gasteiger partial charge is 0.382 e. The van der Waals surface area contributed by atoms with Gasteiger partial charge in [-0.25, -0.2) is 13.6 Å². The van der Waals surface area contributed by atoms with Gasteiger partial charge in [0.05, 0.1) is 18.3 Å². The summed E-state index contributed by atoms with van der Waals surface area (Å²) in [6.07, 6.45) is 2.58. The predicted molar refractivity (Wildman–Crippen MR) is 114 cm³/mol. The fourth-order valence-electron chi connectivity index (χ4n) is 4.04. The summed E-state index contributed by atoms with van der Waals surface area (Å²) in [5, 5.41) is 2.93. The van der Waals surface area contributed by atoms with Crippen molar-refractivity contribution < 1.29 is 18.3 Å². The molecule has 0 unspecified atom stereocenters. The van der Waals surface area contributed by atoms with E-state index in [1.165, 1.54) is 12.1 Å². The lowest BCUT2D eigenvalue weighted by molar-refractivity contribution is 0.143. The van der Waals surface area contributed by atoms with Crippen LogP contribution in [-0.2, 0) is 11.3 Å².